The lowest BCUT2D eigenvalue weighted by Crippen LogP contribution is -2.22. The molecule has 0 atom stereocenters. The number of carbonyl (C=O) groups excluding carboxylic acids is 1. The van der Waals surface area contributed by atoms with E-state index in [1.807, 2.05) is 48.8 Å². The van der Waals surface area contributed by atoms with E-state index in [9.17, 15) is 4.79 Å². The highest BCUT2D eigenvalue weighted by atomic mass is 16.1. The summed E-state index contributed by atoms with van der Waals surface area (Å²) in [5, 5.41) is 9.76. The fraction of sp³-hybridized carbons (Fsp3) is 0.0667. The summed E-state index contributed by atoms with van der Waals surface area (Å²) in [6.07, 6.45) is 3.67. The first-order chi connectivity index (χ1) is 9.83. The third-order valence-electron chi connectivity index (χ3n) is 3.01. The Bertz CT molecular complexity index is 686. The maximum atomic E-state index is 12.0. The highest BCUT2D eigenvalue weighted by Crippen LogP contribution is 2.16. The molecule has 3 aromatic rings. The van der Waals surface area contributed by atoms with Crippen LogP contribution < -0.4 is 5.32 Å². The van der Waals surface area contributed by atoms with Crippen molar-refractivity contribution in [3.05, 3.63) is 66.1 Å². The van der Waals surface area contributed by atoms with Gasteiger partial charge in [-0.2, -0.15) is 5.10 Å². The summed E-state index contributed by atoms with van der Waals surface area (Å²) in [7, 11) is 0. The van der Waals surface area contributed by atoms with Crippen LogP contribution in [0, 0.1) is 0 Å². The van der Waals surface area contributed by atoms with Gasteiger partial charge in [-0.05, 0) is 17.7 Å². The Morgan fingerprint density at radius 2 is 2.05 bits per heavy atom. The molecule has 2 aromatic heterocycles. The molecule has 1 aromatic carbocycles. The first kappa shape index (κ1) is 12.2. The number of benzene rings is 1. The van der Waals surface area contributed by atoms with E-state index in [0.717, 1.165) is 16.8 Å². The zero-order valence-corrected chi connectivity index (χ0v) is 10.8. The summed E-state index contributed by atoms with van der Waals surface area (Å²) in [6, 6.07) is 13.4. The third kappa shape index (κ3) is 2.61. The van der Waals surface area contributed by atoms with Crippen molar-refractivity contribution in [3.8, 4) is 11.3 Å². The molecule has 0 radical (unpaired) electrons. The van der Waals surface area contributed by atoms with Crippen LogP contribution >= 0.6 is 0 Å². The lowest BCUT2D eigenvalue weighted by atomic mass is 10.1. The van der Waals surface area contributed by atoms with Crippen LogP contribution in [-0.2, 0) is 6.54 Å². The number of nitrogens with zero attached hydrogens (tertiary/aromatic N) is 1. The predicted molar refractivity (Wildman–Crippen MR) is 76.0 cm³/mol. The van der Waals surface area contributed by atoms with Gasteiger partial charge < -0.3 is 10.3 Å². The molecular weight excluding hydrogens is 252 g/mol. The number of hydrogen-bond acceptors (Lipinski definition) is 2. The van der Waals surface area contributed by atoms with Crippen molar-refractivity contribution in [2.45, 2.75) is 6.54 Å². The van der Waals surface area contributed by atoms with E-state index in [1.165, 1.54) is 0 Å². The number of aromatic nitrogens is 3. The Hall–Kier alpha value is -2.82. The van der Waals surface area contributed by atoms with Gasteiger partial charge in [-0.3, -0.25) is 9.89 Å². The molecule has 20 heavy (non-hydrogen) atoms. The smallest absolute Gasteiger partial charge is 0.269 e. The highest BCUT2D eigenvalue weighted by molar-refractivity contribution is 5.93. The average Bonchev–Trinajstić information content (AvgIpc) is 3.17. The van der Waals surface area contributed by atoms with Crippen LogP contribution in [0.2, 0.25) is 0 Å². The van der Waals surface area contributed by atoms with Crippen molar-refractivity contribution in [2.24, 2.45) is 0 Å². The molecule has 3 rings (SSSR count). The zero-order chi connectivity index (χ0) is 13.8. The molecular formula is C15H14N4O. The standard InChI is InChI=1S/C15H14N4O/c20-15(17-10-11-6-7-16-9-11)14-8-13(18-19-14)12-4-2-1-3-5-12/h1-9,16H,10H2,(H,17,20)(H,18,19). The summed E-state index contributed by atoms with van der Waals surface area (Å²) < 4.78 is 0. The molecule has 0 aliphatic heterocycles. The minimum absolute atomic E-state index is 0.166. The molecule has 5 nitrogen and oxygen atoms in total. The zero-order valence-electron chi connectivity index (χ0n) is 10.8. The van der Waals surface area contributed by atoms with Gasteiger partial charge in [-0.15, -0.1) is 0 Å². The minimum Gasteiger partial charge on any atom is -0.367 e. The Kier molecular flexibility index (Phi) is 3.33. The van der Waals surface area contributed by atoms with Gasteiger partial charge in [-0.25, -0.2) is 0 Å². The number of nitrogens with one attached hydrogen (secondary N) is 3. The second-order valence-electron chi connectivity index (χ2n) is 4.43. The van der Waals surface area contributed by atoms with Crippen molar-refractivity contribution in [2.75, 3.05) is 0 Å². The number of amides is 1. The van der Waals surface area contributed by atoms with Crippen LogP contribution in [0.5, 0.6) is 0 Å². The van der Waals surface area contributed by atoms with E-state index in [4.69, 9.17) is 0 Å². The second kappa shape index (κ2) is 5.44. The van der Waals surface area contributed by atoms with Crippen LogP contribution in [0.3, 0.4) is 0 Å². The molecule has 100 valence electrons. The molecule has 0 aliphatic rings. The summed E-state index contributed by atoms with van der Waals surface area (Å²) >= 11 is 0. The Morgan fingerprint density at radius 1 is 1.20 bits per heavy atom. The normalized spacial score (nSPS) is 10.4. The van der Waals surface area contributed by atoms with Crippen molar-refractivity contribution in [3.63, 3.8) is 0 Å². The fourth-order valence-corrected chi connectivity index (χ4v) is 1.94. The quantitative estimate of drug-likeness (QED) is 0.678. The second-order valence-corrected chi connectivity index (χ2v) is 4.43. The lowest BCUT2D eigenvalue weighted by molar-refractivity contribution is 0.0946. The molecule has 0 unspecified atom stereocenters. The number of carbonyl (C=O) groups is 1. The average molecular weight is 266 g/mol. The van der Waals surface area contributed by atoms with Crippen LogP contribution in [0.4, 0.5) is 0 Å². The summed E-state index contributed by atoms with van der Waals surface area (Å²) in [4.78, 5) is 14.9. The predicted octanol–water partition coefficient (Wildman–Crippen LogP) is 2.33. The van der Waals surface area contributed by atoms with Gasteiger partial charge in [0.25, 0.3) is 5.91 Å². The number of hydrogen-bond donors (Lipinski definition) is 3. The van der Waals surface area contributed by atoms with E-state index >= 15 is 0 Å². The first-order valence-electron chi connectivity index (χ1n) is 6.33. The highest BCUT2D eigenvalue weighted by Gasteiger charge is 2.10. The molecule has 0 aliphatic carbocycles. The Labute approximate surface area is 116 Å². The molecule has 1 amide bonds. The Balaban J connectivity index is 1.69. The lowest BCUT2D eigenvalue weighted by Gasteiger charge is -2.00. The van der Waals surface area contributed by atoms with Crippen LogP contribution in [0.15, 0.2) is 54.9 Å². The molecule has 0 saturated heterocycles. The molecule has 0 fully saturated rings. The third-order valence-corrected chi connectivity index (χ3v) is 3.01. The van der Waals surface area contributed by atoms with Crippen molar-refractivity contribution < 1.29 is 4.79 Å². The van der Waals surface area contributed by atoms with E-state index in [1.54, 1.807) is 6.07 Å². The molecule has 0 bridgehead atoms. The van der Waals surface area contributed by atoms with Crippen molar-refractivity contribution >= 4 is 5.91 Å². The number of H-pyrrole nitrogens is 2. The van der Waals surface area contributed by atoms with Gasteiger partial charge in [0.15, 0.2) is 0 Å². The summed E-state index contributed by atoms with van der Waals surface area (Å²) in [5.74, 6) is -0.166. The molecule has 2 heterocycles. The van der Waals surface area contributed by atoms with E-state index in [-0.39, 0.29) is 5.91 Å². The molecule has 0 saturated carbocycles. The Morgan fingerprint density at radius 3 is 2.80 bits per heavy atom. The maximum Gasteiger partial charge on any atom is 0.269 e. The molecule has 0 spiro atoms. The van der Waals surface area contributed by atoms with E-state index in [0.29, 0.717) is 12.2 Å². The summed E-state index contributed by atoms with van der Waals surface area (Å²) in [6.45, 7) is 0.488. The molecule has 5 heteroatoms. The monoisotopic (exact) mass is 266 g/mol. The maximum absolute atomic E-state index is 12.0. The minimum atomic E-state index is -0.166. The van der Waals surface area contributed by atoms with Gasteiger partial charge in [0, 0.05) is 24.5 Å². The van der Waals surface area contributed by atoms with Gasteiger partial charge in [0.1, 0.15) is 5.69 Å². The van der Waals surface area contributed by atoms with Crippen molar-refractivity contribution in [1.82, 2.24) is 20.5 Å². The van der Waals surface area contributed by atoms with Crippen LogP contribution in [0.25, 0.3) is 11.3 Å². The fourth-order valence-electron chi connectivity index (χ4n) is 1.94. The van der Waals surface area contributed by atoms with Gasteiger partial charge in [-0.1, -0.05) is 30.3 Å². The van der Waals surface area contributed by atoms with E-state index < -0.39 is 0 Å². The van der Waals surface area contributed by atoms with Gasteiger partial charge in [0.2, 0.25) is 0 Å². The molecule has 3 N–H and O–H groups in total. The topological polar surface area (TPSA) is 73.6 Å². The number of rotatable bonds is 4. The summed E-state index contributed by atoms with van der Waals surface area (Å²) in [5.41, 5.74) is 3.23. The van der Waals surface area contributed by atoms with Crippen molar-refractivity contribution in [1.29, 1.82) is 0 Å². The van der Waals surface area contributed by atoms with Crippen LogP contribution in [-0.4, -0.2) is 21.1 Å². The van der Waals surface area contributed by atoms with E-state index in [2.05, 4.69) is 20.5 Å². The largest absolute Gasteiger partial charge is 0.367 e. The van der Waals surface area contributed by atoms with Gasteiger partial charge >= 0.3 is 0 Å². The van der Waals surface area contributed by atoms with Crippen LogP contribution in [0.1, 0.15) is 16.1 Å². The number of aromatic amines is 2. The SMILES string of the molecule is O=C(NCc1cc[nH]c1)c1cc(-c2ccccc2)n[nH]1. The first-order valence-corrected chi connectivity index (χ1v) is 6.33. The van der Waals surface area contributed by atoms with Gasteiger partial charge in [0.05, 0.1) is 5.69 Å².